The van der Waals surface area contributed by atoms with Gasteiger partial charge in [0.15, 0.2) is 0 Å². The topological polar surface area (TPSA) is 123 Å². The number of amides is 6. The maximum absolute atomic E-state index is 11.5. The minimum absolute atomic E-state index is 0.279. The Hall–Kier alpha value is -2.19. The van der Waals surface area contributed by atoms with Crippen LogP contribution in [0.4, 0.5) is 14.4 Å². The lowest BCUT2D eigenvalue weighted by atomic mass is 10.1. The van der Waals surface area contributed by atoms with Crippen molar-refractivity contribution in [2.45, 2.75) is 52.6 Å². The van der Waals surface area contributed by atoms with Crippen molar-refractivity contribution in [2.24, 2.45) is 0 Å². The molecule has 0 unspecified atom stereocenters. The minimum atomic E-state index is -0.356. The van der Waals surface area contributed by atoms with Crippen LogP contribution in [-0.2, 0) is 0 Å². The molecule has 0 aliphatic carbocycles. The molecule has 0 fully saturated rings. The molecule has 0 aromatic carbocycles. The summed E-state index contributed by atoms with van der Waals surface area (Å²) < 4.78 is 0. The lowest BCUT2D eigenvalue weighted by molar-refractivity contribution is 0.229. The molecular formula is C15H32N6O3. The van der Waals surface area contributed by atoms with Gasteiger partial charge in [-0.05, 0) is 41.5 Å². The Kier molecular flexibility index (Phi) is 8.94. The molecule has 0 radical (unpaired) electrons. The molecule has 0 bridgehead atoms. The van der Waals surface area contributed by atoms with Gasteiger partial charge >= 0.3 is 18.1 Å². The third-order valence-corrected chi connectivity index (χ3v) is 2.37. The third kappa shape index (κ3) is 14.7. The molecule has 0 aliphatic rings. The molecule has 0 heterocycles. The van der Waals surface area contributed by atoms with Crippen LogP contribution in [0.5, 0.6) is 0 Å². The molecule has 9 nitrogen and oxygen atoms in total. The smallest absolute Gasteiger partial charge is 0.315 e. The molecule has 6 amide bonds. The van der Waals surface area contributed by atoms with E-state index >= 15 is 0 Å². The molecule has 0 saturated heterocycles. The molecule has 9 heteroatoms. The van der Waals surface area contributed by atoms with E-state index in [0.717, 1.165) is 0 Å². The first-order valence-corrected chi connectivity index (χ1v) is 8.03. The van der Waals surface area contributed by atoms with E-state index in [4.69, 9.17) is 0 Å². The van der Waals surface area contributed by atoms with Crippen LogP contribution < -0.4 is 31.9 Å². The van der Waals surface area contributed by atoms with E-state index in [-0.39, 0.29) is 29.2 Å². The van der Waals surface area contributed by atoms with E-state index < -0.39 is 0 Å². The highest BCUT2D eigenvalue weighted by atomic mass is 16.2. The monoisotopic (exact) mass is 344 g/mol. The van der Waals surface area contributed by atoms with Crippen LogP contribution in [-0.4, -0.2) is 55.4 Å². The fourth-order valence-corrected chi connectivity index (χ4v) is 1.54. The number of rotatable bonds is 6. The molecular weight excluding hydrogens is 312 g/mol. The fraction of sp³-hybridized carbons (Fsp3) is 0.800. The van der Waals surface area contributed by atoms with Crippen molar-refractivity contribution >= 4 is 18.1 Å². The van der Waals surface area contributed by atoms with Gasteiger partial charge < -0.3 is 31.9 Å². The summed E-state index contributed by atoms with van der Waals surface area (Å²) in [7, 11) is 0. The quantitative estimate of drug-likeness (QED) is 0.393. The maximum Gasteiger partial charge on any atom is 0.315 e. The lowest BCUT2D eigenvalue weighted by Gasteiger charge is -2.21. The number of carbonyl (C=O) groups excluding carboxylic acids is 3. The van der Waals surface area contributed by atoms with Gasteiger partial charge in [0.2, 0.25) is 0 Å². The second-order valence-electron chi connectivity index (χ2n) is 7.44. The van der Waals surface area contributed by atoms with E-state index in [1.807, 2.05) is 41.5 Å². The summed E-state index contributed by atoms with van der Waals surface area (Å²) in [4.78, 5) is 34.5. The predicted octanol–water partition coefficient (Wildman–Crippen LogP) is 0.481. The summed E-state index contributed by atoms with van der Waals surface area (Å²) in [5, 5.41) is 16.0. The van der Waals surface area contributed by atoms with Gasteiger partial charge in [0.25, 0.3) is 0 Å². The van der Waals surface area contributed by atoms with Crippen molar-refractivity contribution in [3.05, 3.63) is 0 Å². The van der Waals surface area contributed by atoms with Crippen LogP contribution in [0.15, 0.2) is 0 Å². The number of urea groups is 3. The number of hydrogen-bond donors (Lipinski definition) is 6. The summed E-state index contributed by atoms with van der Waals surface area (Å²) in [6.07, 6.45) is 0. The standard InChI is InChI=1S/C15H32N6O3/c1-14(2,3)20-12(23)18-9-7-16-11(22)17-8-10-19-13(24)21-15(4,5)6/h7-10H2,1-6H3,(H2,16,17,22)(H2,18,20,23)(H2,19,21,24). The average Bonchev–Trinajstić information content (AvgIpc) is 2.35. The molecule has 0 saturated carbocycles. The normalized spacial score (nSPS) is 11.2. The highest BCUT2D eigenvalue weighted by molar-refractivity contribution is 5.76. The Balaban J connectivity index is 3.64. The van der Waals surface area contributed by atoms with Crippen molar-refractivity contribution < 1.29 is 14.4 Å². The Morgan fingerprint density at radius 1 is 0.542 bits per heavy atom. The van der Waals surface area contributed by atoms with Gasteiger partial charge in [-0.2, -0.15) is 0 Å². The highest BCUT2D eigenvalue weighted by Crippen LogP contribution is 1.97. The van der Waals surface area contributed by atoms with Gasteiger partial charge in [-0.3, -0.25) is 0 Å². The number of carbonyl (C=O) groups is 3. The molecule has 24 heavy (non-hydrogen) atoms. The first-order valence-electron chi connectivity index (χ1n) is 8.03. The molecule has 0 aliphatic heterocycles. The zero-order valence-electron chi connectivity index (χ0n) is 15.6. The van der Waals surface area contributed by atoms with Crippen molar-refractivity contribution in [1.29, 1.82) is 0 Å². The summed E-state index contributed by atoms with van der Waals surface area (Å²) in [5.41, 5.74) is -0.609. The van der Waals surface area contributed by atoms with Crippen LogP contribution in [0.3, 0.4) is 0 Å². The minimum Gasteiger partial charge on any atom is -0.336 e. The lowest BCUT2D eigenvalue weighted by Crippen LogP contribution is -2.49. The molecule has 140 valence electrons. The largest absolute Gasteiger partial charge is 0.336 e. The van der Waals surface area contributed by atoms with E-state index in [2.05, 4.69) is 31.9 Å². The first-order chi connectivity index (χ1) is 10.9. The van der Waals surface area contributed by atoms with Crippen molar-refractivity contribution in [2.75, 3.05) is 26.2 Å². The summed E-state index contributed by atoms with van der Waals surface area (Å²) in [5.74, 6) is 0. The van der Waals surface area contributed by atoms with Gasteiger partial charge in [-0.1, -0.05) is 0 Å². The Bertz CT molecular complexity index is 388. The summed E-state index contributed by atoms with van der Waals surface area (Å²) in [6, 6.07) is -0.913. The number of hydrogen-bond acceptors (Lipinski definition) is 3. The van der Waals surface area contributed by atoms with Crippen LogP contribution in [0.25, 0.3) is 0 Å². The second-order valence-corrected chi connectivity index (χ2v) is 7.44. The Morgan fingerprint density at radius 3 is 1.04 bits per heavy atom. The molecule has 6 N–H and O–H groups in total. The van der Waals surface area contributed by atoms with Gasteiger partial charge in [-0.15, -0.1) is 0 Å². The maximum atomic E-state index is 11.5. The molecule has 0 spiro atoms. The van der Waals surface area contributed by atoms with Gasteiger partial charge in [-0.25, -0.2) is 14.4 Å². The highest BCUT2D eigenvalue weighted by Gasteiger charge is 2.13. The predicted molar refractivity (Wildman–Crippen MR) is 94.0 cm³/mol. The summed E-state index contributed by atoms with van der Waals surface area (Å²) >= 11 is 0. The average molecular weight is 344 g/mol. The van der Waals surface area contributed by atoms with Gasteiger partial charge in [0.05, 0.1) is 0 Å². The SMILES string of the molecule is CC(C)(C)NC(=O)NCCNC(=O)NCCNC(=O)NC(C)(C)C. The van der Waals surface area contributed by atoms with E-state index in [9.17, 15) is 14.4 Å². The molecule has 0 aromatic heterocycles. The Morgan fingerprint density at radius 2 is 0.792 bits per heavy atom. The fourth-order valence-electron chi connectivity index (χ4n) is 1.54. The van der Waals surface area contributed by atoms with Crippen LogP contribution in [0.1, 0.15) is 41.5 Å². The molecule has 0 aromatic rings. The van der Waals surface area contributed by atoms with E-state index in [1.54, 1.807) is 0 Å². The zero-order valence-corrected chi connectivity index (χ0v) is 15.6. The van der Waals surface area contributed by atoms with Crippen molar-refractivity contribution in [1.82, 2.24) is 31.9 Å². The molecule has 0 atom stereocenters. The van der Waals surface area contributed by atoms with Gasteiger partial charge in [0, 0.05) is 37.3 Å². The van der Waals surface area contributed by atoms with Crippen molar-refractivity contribution in [3.63, 3.8) is 0 Å². The number of nitrogens with one attached hydrogen (secondary N) is 6. The summed E-state index contributed by atoms with van der Waals surface area (Å²) in [6.45, 7) is 12.6. The van der Waals surface area contributed by atoms with Crippen LogP contribution in [0.2, 0.25) is 0 Å². The van der Waals surface area contributed by atoms with Crippen LogP contribution in [0, 0.1) is 0 Å². The van der Waals surface area contributed by atoms with Crippen molar-refractivity contribution in [3.8, 4) is 0 Å². The van der Waals surface area contributed by atoms with Crippen LogP contribution >= 0.6 is 0 Å². The molecule has 0 rings (SSSR count). The van der Waals surface area contributed by atoms with E-state index in [0.29, 0.717) is 26.2 Å². The van der Waals surface area contributed by atoms with E-state index in [1.165, 1.54) is 0 Å². The first kappa shape index (κ1) is 21.8. The Labute approximate surface area is 144 Å². The zero-order chi connectivity index (χ0) is 18.8. The third-order valence-electron chi connectivity index (χ3n) is 2.37. The van der Waals surface area contributed by atoms with Gasteiger partial charge in [0.1, 0.15) is 0 Å². The second kappa shape index (κ2) is 9.84.